The second kappa shape index (κ2) is 8.07. The molecular formula is C23H28N4O3. The largest absolute Gasteiger partial charge is 0.481 e. The molecule has 0 spiro atoms. The first-order valence-corrected chi connectivity index (χ1v) is 10.4. The summed E-state index contributed by atoms with van der Waals surface area (Å²) in [5.41, 5.74) is 1.07. The number of fused-ring (bicyclic) bond motifs is 1. The van der Waals surface area contributed by atoms with E-state index in [-0.39, 0.29) is 11.6 Å². The third kappa shape index (κ3) is 4.16. The molecule has 0 unspecified atom stereocenters. The van der Waals surface area contributed by atoms with E-state index in [2.05, 4.69) is 10.3 Å². The highest BCUT2D eigenvalue weighted by Gasteiger charge is 2.24. The van der Waals surface area contributed by atoms with Crippen molar-refractivity contribution in [3.8, 4) is 5.88 Å². The van der Waals surface area contributed by atoms with Gasteiger partial charge in [-0.25, -0.2) is 4.98 Å². The minimum absolute atomic E-state index is 0.244. The van der Waals surface area contributed by atoms with Gasteiger partial charge in [0.2, 0.25) is 5.88 Å². The number of rotatable bonds is 5. The van der Waals surface area contributed by atoms with Crippen molar-refractivity contribution in [2.75, 3.05) is 12.4 Å². The average Bonchev–Trinajstić information content (AvgIpc) is 3.16. The van der Waals surface area contributed by atoms with Crippen LogP contribution < -0.4 is 10.1 Å². The summed E-state index contributed by atoms with van der Waals surface area (Å²) in [6.07, 6.45) is 8.05. The van der Waals surface area contributed by atoms with E-state index in [9.17, 15) is 9.90 Å². The van der Waals surface area contributed by atoms with Gasteiger partial charge in [-0.1, -0.05) is 25.3 Å². The van der Waals surface area contributed by atoms with Gasteiger partial charge in [0.15, 0.2) is 0 Å². The number of aromatic nitrogens is 3. The van der Waals surface area contributed by atoms with Crippen LogP contribution in [0.15, 0.2) is 36.5 Å². The summed E-state index contributed by atoms with van der Waals surface area (Å²) < 4.78 is 7.16. The van der Waals surface area contributed by atoms with Crippen LogP contribution in [0, 0.1) is 0 Å². The predicted molar refractivity (Wildman–Crippen MR) is 116 cm³/mol. The summed E-state index contributed by atoms with van der Waals surface area (Å²) in [5, 5.41) is 19.3. The Balaban J connectivity index is 1.70. The maximum absolute atomic E-state index is 12.8. The van der Waals surface area contributed by atoms with E-state index in [1.807, 2.05) is 23.0 Å². The average molecular weight is 409 g/mol. The molecule has 0 atom stereocenters. The number of amides is 1. The first-order valence-electron chi connectivity index (χ1n) is 10.4. The van der Waals surface area contributed by atoms with Crippen molar-refractivity contribution in [1.82, 2.24) is 14.8 Å². The standard InChI is InChI=1S/C23H28N4O3/c1-23(2,29)17-13-19-15(14-27(26-19)16-8-5-4-6-9-16)12-20(17)25-22(28)18-10-7-11-21(24-18)30-3/h7,10-14,16,29H,4-6,8-9H2,1-3H3,(H,25,28). The minimum atomic E-state index is -1.15. The molecule has 3 aromatic rings. The van der Waals surface area contributed by atoms with Gasteiger partial charge in [-0.05, 0) is 44.9 Å². The molecule has 0 saturated heterocycles. The number of nitrogens with zero attached hydrogens (tertiary/aromatic N) is 3. The number of carbonyl (C=O) groups excluding carboxylic acids is 1. The quantitative estimate of drug-likeness (QED) is 0.652. The molecule has 1 saturated carbocycles. The summed E-state index contributed by atoms with van der Waals surface area (Å²) in [7, 11) is 1.51. The highest BCUT2D eigenvalue weighted by atomic mass is 16.5. The van der Waals surface area contributed by atoms with Gasteiger partial charge in [0.05, 0.1) is 24.3 Å². The maximum Gasteiger partial charge on any atom is 0.274 e. The lowest BCUT2D eigenvalue weighted by molar-refractivity contribution is 0.0793. The summed E-state index contributed by atoms with van der Waals surface area (Å²) in [4.78, 5) is 17.0. The van der Waals surface area contributed by atoms with Crippen molar-refractivity contribution in [2.24, 2.45) is 0 Å². The molecule has 30 heavy (non-hydrogen) atoms. The Morgan fingerprint density at radius 2 is 2.00 bits per heavy atom. The van der Waals surface area contributed by atoms with E-state index in [0.717, 1.165) is 23.7 Å². The van der Waals surface area contributed by atoms with Gasteiger partial charge in [0.1, 0.15) is 5.69 Å². The normalized spacial score (nSPS) is 15.3. The van der Waals surface area contributed by atoms with Crippen LogP contribution >= 0.6 is 0 Å². The molecule has 0 bridgehead atoms. The predicted octanol–water partition coefficient (Wildman–Crippen LogP) is 4.42. The zero-order valence-electron chi connectivity index (χ0n) is 17.7. The van der Waals surface area contributed by atoms with Crippen LogP contribution in [0.3, 0.4) is 0 Å². The molecule has 4 rings (SSSR count). The molecule has 1 aliphatic carbocycles. The van der Waals surface area contributed by atoms with Gasteiger partial charge < -0.3 is 15.2 Å². The van der Waals surface area contributed by atoms with Gasteiger partial charge >= 0.3 is 0 Å². The monoisotopic (exact) mass is 408 g/mol. The highest BCUT2D eigenvalue weighted by Crippen LogP contribution is 2.34. The summed E-state index contributed by atoms with van der Waals surface area (Å²) in [6.45, 7) is 3.40. The fourth-order valence-corrected chi connectivity index (χ4v) is 4.07. The van der Waals surface area contributed by atoms with Crippen molar-refractivity contribution in [3.63, 3.8) is 0 Å². The topological polar surface area (TPSA) is 89.3 Å². The van der Waals surface area contributed by atoms with E-state index in [1.54, 1.807) is 32.0 Å². The van der Waals surface area contributed by atoms with E-state index >= 15 is 0 Å². The number of benzene rings is 1. The minimum Gasteiger partial charge on any atom is -0.481 e. The van der Waals surface area contributed by atoms with Crippen LogP contribution in [-0.4, -0.2) is 32.9 Å². The number of ether oxygens (including phenoxy) is 1. The Morgan fingerprint density at radius 3 is 2.70 bits per heavy atom. The number of nitrogens with one attached hydrogen (secondary N) is 1. The third-order valence-electron chi connectivity index (χ3n) is 5.68. The summed E-state index contributed by atoms with van der Waals surface area (Å²) in [6, 6.07) is 9.19. The van der Waals surface area contributed by atoms with Gasteiger partial charge in [0, 0.05) is 28.9 Å². The summed E-state index contributed by atoms with van der Waals surface area (Å²) >= 11 is 0. The molecular weight excluding hydrogens is 380 g/mol. The molecule has 2 N–H and O–H groups in total. The molecule has 2 heterocycles. The second-order valence-corrected chi connectivity index (χ2v) is 8.44. The number of aliphatic hydroxyl groups is 1. The van der Waals surface area contributed by atoms with E-state index in [0.29, 0.717) is 23.2 Å². The summed E-state index contributed by atoms with van der Waals surface area (Å²) in [5.74, 6) is 0.00740. The molecule has 1 fully saturated rings. The first-order chi connectivity index (χ1) is 14.3. The van der Waals surface area contributed by atoms with Crippen molar-refractivity contribution in [1.29, 1.82) is 0 Å². The van der Waals surface area contributed by atoms with Crippen molar-refractivity contribution in [2.45, 2.75) is 57.6 Å². The van der Waals surface area contributed by atoms with Crippen molar-refractivity contribution < 1.29 is 14.6 Å². The fraction of sp³-hybridized carbons (Fsp3) is 0.435. The molecule has 158 valence electrons. The SMILES string of the molecule is COc1cccc(C(=O)Nc2cc3cn(C4CCCCC4)nc3cc2C(C)(C)O)n1. The van der Waals surface area contributed by atoms with Crippen molar-refractivity contribution in [3.05, 3.63) is 47.8 Å². The molecule has 7 heteroatoms. The number of methoxy groups -OCH3 is 1. The lowest BCUT2D eigenvalue weighted by Crippen LogP contribution is -2.21. The molecule has 0 aliphatic heterocycles. The van der Waals surface area contributed by atoms with Gasteiger partial charge in [-0.2, -0.15) is 5.10 Å². The Morgan fingerprint density at radius 1 is 1.23 bits per heavy atom. The van der Waals surface area contributed by atoms with E-state index in [4.69, 9.17) is 9.84 Å². The molecule has 7 nitrogen and oxygen atoms in total. The lowest BCUT2D eigenvalue weighted by Gasteiger charge is -2.22. The van der Waals surface area contributed by atoms with Crippen molar-refractivity contribution >= 4 is 22.5 Å². The van der Waals surface area contributed by atoms with Crippen LogP contribution in [0.25, 0.3) is 10.9 Å². The molecule has 1 aliphatic rings. The van der Waals surface area contributed by atoms with Gasteiger partial charge in [-0.3, -0.25) is 9.48 Å². The lowest BCUT2D eigenvalue weighted by atomic mass is 9.95. The third-order valence-corrected chi connectivity index (χ3v) is 5.68. The fourth-order valence-electron chi connectivity index (χ4n) is 4.07. The van der Waals surface area contributed by atoms with Crippen LogP contribution in [0.5, 0.6) is 5.88 Å². The first kappa shape index (κ1) is 20.3. The molecule has 1 amide bonds. The second-order valence-electron chi connectivity index (χ2n) is 8.44. The van der Waals surface area contributed by atoms with Crippen LogP contribution in [0.2, 0.25) is 0 Å². The Bertz CT molecular complexity index is 1060. The van der Waals surface area contributed by atoms with Gasteiger partial charge in [0.25, 0.3) is 5.91 Å². The Labute approximate surface area is 176 Å². The number of anilines is 1. The van der Waals surface area contributed by atoms with E-state index in [1.165, 1.54) is 26.4 Å². The molecule has 0 radical (unpaired) electrons. The van der Waals surface area contributed by atoms with Crippen LogP contribution in [0.1, 0.15) is 68.0 Å². The number of carbonyl (C=O) groups is 1. The van der Waals surface area contributed by atoms with Crippen LogP contribution in [-0.2, 0) is 5.60 Å². The zero-order valence-corrected chi connectivity index (χ0v) is 17.7. The maximum atomic E-state index is 12.8. The number of pyridine rings is 1. The smallest absolute Gasteiger partial charge is 0.274 e. The van der Waals surface area contributed by atoms with E-state index < -0.39 is 5.60 Å². The Hall–Kier alpha value is -2.93. The van der Waals surface area contributed by atoms with Gasteiger partial charge in [-0.15, -0.1) is 0 Å². The Kier molecular flexibility index (Phi) is 5.47. The number of hydrogen-bond acceptors (Lipinski definition) is 5. The molecule has 2 aromatic heterocycles. The number of hydrogen-bond donors (Lipinski definition) is 2. The van der Waals surface area contributed by atoms with Crippen LogP contribution in [0.4, 0.5) is 5.69 Å². The molecule has 1 aromatic carbocycles. The highest BCUT2D eigenvalue weighted by molar-refractivity contribution is 6.04. The zero-order chi connectivity index (χ0) is 21.3.